The van der Waals surface area contributed by atoms with E-state index >= 15 is 0 Å². The molecule has 0 spiro atoms. The molecule has 3 nitrogen and oxygen atoms in total. The van der Waals surface area contributed by atoms with Gasteiger partial charge in [-0.15, -0.1) is 11.8 Å². The zero-order chi connectivity index (χ0) is 15.9. The van der Waals surface area contributed by atoms with Crippen molar-refractivity contribution < 1.29 is 9.90 Å². The number of aliphatic hydroxyl groups excluding tert-OH is 1. The van der Waals surface area contributed by atoms with Crippen molar-refractivity contribution in [3.8, 4) is 0 Å². The first kappa shape index (κ1) is 16.6. The summed E-state index contributed by atoms with van der Waals surface area (Å²) in [5.74, 6) is 1.18. The first-order chi connectivity index (χ1) is 10.6. The monoisotopic (exact) mass is 315 g/mol. The fourth-order valence-electron chi connectivity index (χ4n) is 2.10. The Hall–Kier alpha value is -1.78. The fraction of sp³-hybridized carbons (Fsp3) is 0.278. The molecule has 0 atom stereocenters. The van der Waals surface area contributed by atoms with Gasteiger partial charge in [0, 0.05) is 11.4 Å². The smallest absolute Gasteiger partial charge is 0.234 e. The highest BCUT2D eigenvalue weighted by Crippen LogP contribution is 2.16. The van der Waals surface area contributed by atoms with Crippen molar-refractivity contribution in [2.75, 3.05) is 11.1 Å². The summed E-state index contributed by atoms with van der Waals surface area (Å²) in [6.07, 6.45) is 0. The molecule has 0 aliphatic rings. The van der Waals surface area contributed by atoms with E-state index in [1.54, 1.807) is 11.8 Å². The molecular formula is C18H21NO2S. The predicted octanol–water partition coefficient (Wildman–Crippen LogP) is 3.67. The zero-order valence-electron chi connectivity index (χ0n) is 12.9. The Morgan fingerprint density at radius 3 is 2.59 bits per heavy atom. The lowest BCUT2D eigenvalue weighted by molar-refractivity contribution is -0.113. The van der Waals surface area contributed by atoms with Crippen LogP contribution in [0.25, 0.3) is 0 Å². The number of carbonyl (C=O) groups is 1. The van der Waals surface area contributed by atoms with E-state index in [1.165, 1.54) is 11.1 Å². The van der Waals surface area contributed by atoms with Gasteiger partial charge in [0.2, 0.25) is 5.91 Å². The molecule has 0 aromatic heterocycles. The molecule has 4 heteroatoms. The maximum atomic E-state index is 12.0. The van der Waals surface area contributed by atoms with Crippen LogP contribution in [0.15, 0.2) is 42.5 Å². The van der Waals surface area contributed by atoms with Gasteiger partial charge in [0.25, 0.3) is 0 Å². The van der Waals surface area contributed by atoms with Crippen molar-refractivity contribution in [1.82, 2.24) is 0 Å². The van der Waals surface area contributed by atoms with Crippen LogP contribution in [0.5, 0.6) is 0 Å². The van der Waals surface area contributed by atoms with Crippen molar-refractivity contribution >= 4 is 23.4 Å². The maximum absolute atomic E-state index is 12.0. The third-order valence-electron chi connectivity index (χ3n) is 3.47. The minimum Gasteiger partial charge on any atom is -0.392 e. The summed E-state index contributed by atoms with van der Waals surface area (Å²) < 4.78 is 0. The van der Waals surface area contributed by atoms with Gasteiger partial charge >= 0.3 is 0 Å². The molecular weight excluding hydrogens is 294 g/mol. The number of hydrogen-bond donors (Lipinski definition) is 2. The number of hydrogen-bond acceptors (Lipinski definition) is 3. The van der Waals surface area contributed by atoms with Crippen molar-refractivity contribution in [1.29, 1.82) is 0 Å². The van der Waals surface area contributed by atoms with E-state index in [0.717, 1.165) is 22.6 Å². The molecule has 2 aromatic rings. The average molecular weight is 315 g/mol. The van der Waals surface area contributed by atoms with Crippen LogP contribution in [0.2, 0.25) is 0 Å². The second-order valence-corrected chi connectivity index (χ2v) is 6.30. The second-order valence-electron chi connectivity index (χ2n) is 5.32. The Kier molecular flexibility index (Phi) is 6.04. The first-order valence-electron chi connectivity index (χ1n) is 7.22. The molecule has 0 heterocycles. The number of amides is 1. The van der Waals surface area contributed by atoms with Gasteiger partial charge in [0.15, 0.2) is 0 Å². The summed E-state index contributed by atoms with van der Waals surface area (Å²) in [5, 5.41) is 12.0. The lowest BCUT2D eigenvalue weighted by atomic mass is 10.1. The van der Waals surface area contributed by atoms with Gasteiger partial charge < -0.3 is 10.4 Å². The van der Waals surface area contributed by atoms with E-state index in [-0.39, 0.29) is 12.5 Å². The molecule has 0 unspecified atom stereocenters. The number of aliphatic hydroxyl groups is 1. The van der Waals surface area contributed by atoms with Crippen LogP contribution in [0.3, 0.4) is 0 Å². The number of rotatable bonds is 6. The molecule has 0 saturated heterocycles. The Bertz CT molecular complexity index is 655. The first-order valence-corrected chi connectivity index (χ1v) is 8.37. The number of aryl methyl sites for hydroxylation is 2. The van der Waals surface area contributed by atoms with Crippen molar-refractivity contribution in [2.24, 2.45) is 0 Å². The number of carbonyl (C=O) groups excluding carboxylic acids is 1. The van der Waals surface area contributed by atoms with Crippen LogP contribution in [0, 0.1) is 13.8 Å². The third kappa shape index (κ3) is 4.90. The third-order valence-corrected chi connectivity index (χ3v) is 4.47. The minimum atomic E-state index is 0.00608. The van der Waals surface area contributed by atoms with Gasteiger partial charge in [-0.2, -0.15) is 0 Å². The summed E-state index contributed by atoms with van der Waals surface area (Å²) in [7, 11) is 0. The minimum absolute atomic E-state index is 0.00608. The van der Waals surface area contributed by atoms with E-state index in [0.29, 0.717) is 5.75 Å². The predicted molar refractivity (Wildman–Crippen MR) is 93.1 cm³/mol. The quantitative estimate of drug-likeness (QED) is 0.855. The Morgan fingerprint density at radius 1 is 1.09 bits per heavy atom. The van der Waals surface area contributed by atoms with Crippen molar-refractivity contribution in [3.63, 3.8) is 0 Å². The van der Waals surface area contributed by atoms with Crippen LogP contribution in [-0.2, 0) is 17.2 Å². The molecule has 0 fully saturated rings. The van der Waals surface area contributed by atoms with Crippen LogP contribution in [0.4, 0.5) is 5.69 Å². The Balaban J connectivity index is 1.81. The van der Waals surface area contributed by atoms with Gasteiger partial charge in [0.1, 0.15) is 0 Å². The topological polar surface area (TPSA) is 49.3 Å². The average Bonchev–Trinajstić information content (AvgIpc) is 2.51. The van der Waals surface area contributed by atoms with E-state index in [2.05, 4.69) is 12.2 Å². The molecule has 0 aliphatic carbocycles. The molecule has 0 saturated carbocycles. The highest BCUT2D eigenvalue weighted by Gasteiger charge is 2.04. The molecule has 0 radical (unpaired) electrons. The fourth-order valence-corrected chi connectivity index (χ4v) is 2.87. The molecule has 22 heavy (non-hydrogen) atoms. The highest BCUT2D eigenvalue weighted by molar-refractivity contribution is 7.99. The lowest BCUT2D eigenvalue weighted by Crippen LogP contribution is -2.14. The van der Waals surface area contributed by atoms with Crippen LogP contribution in [0.1, 0.15) is 22.3 Å². The van der Waals surface area contributed by atoms with Crippen LogP contribution >= 0.6 is 11.8 Å². The van der Waals surface area contributed by atoms with Crippen molar-refractivity contribution in [3.05, 3.63) is 64.7 Å². The summed E-state index contributed by atoms with van der Waals surface area (Å²) in [6.45, 7) is 4.14. The largest absolute Gasteiger partial charge is 0.392 e. The maximum Gasteiger partial charge on any atom is 0.234 e. The van der Waals surface area contributed by atoms with Gasteiger partial charge in [-0.1, -0.05) is 30.3 Å². The number of nitrogens with one attached hydrogen (secondary N) is 1. The lowest BCUT2D eigenvalue weighted by Gasteiger charge is -2.08. The van der Waals surface area contributed by atoms with E-state index in [9.17, 15) is 4.79 Å². The SMILES string of the molecule is Cc1ccc(NC(=O)CSCc2cccc(CO)c2)cc1C. The molecule has 2 aromatic carbocycles. The van der Waals surface area contributed by atoms with Crippen LogP contribution < -0.4 is 5.32 Å². The van der Waals surface area contributed by atoms with E-state index in [4.69, 9.17) is 5.11 Å². The molecule has 1 amide bonds. The van der Waals surface area contributed by atoms with Gasteiger partial charge in [0.05, 0.1) is 12.4 Å². The van der Waals surface area contributed by atoms with Crippen LogP contribution in [-0.4, -0.2) is 16.8 Å². The normalized spacial score (nSPS) is 10.5. The standard InChI is InChI=1S/C18H21NO2S/c1-13-6-7-17(8-14(13)2)19-18(21)12-22-11-16-5-3-4-15(9-16)10-20/h3-9,20H,10-12H2,1-2H3,(H,19,21). The molecule has 116 valence electrons. The van der Waals surface area contributed by atoms with Gasteiger partial charge in [-0.25, -0.2) is 0 Å². The Morgan fingerprint density at radius 2 is 1.86 bits per heavy atom. The second kappa shape index (κ2) is 8.01. The number of thioether (sulfide) groups is 1. The summed E-state index contributed by atoms with van der Waals surface area (Å²) >= 11 is 1.57. The summed E-state index contributed by atoms with van der Waals surface area (Å²) in [6, 6.07) is 13.7. The number of anilines is 1. The molecule has 2 N–H and O–H groups in total. The van der Waals surface area contributed by atoms with E-state index in [1.807, 2.05) is 49.4 Å². The number of benzene rings is 2. The molecule has 2 rings (SSSR count). The van der Waals surface area contributed by atoms with Gasteiger partial charge in [-0.3, -0.25) is 4.79 Å². The Labute approximate surface area is 135 Å². The summed E-state index contributed by atoms with van der Waals surface area (Å²) in [5.41, 5.74) is 5.26. The highest BCUT2D eigenvalue weighted by atomic mass is 32.2. The van der Waals surface area contributed by atoms with Crippen molar-refractivity contribution in [2.45, 2.75) is 26.2 Å². The van der Waals surface area contributed by atoms with Gasteiger partial charge in [-0.05, 0) is 48.2 Å². The molecule has 0 bridgehead atoms. The zero-order valence-corrected chi connectivity index (χ0v) is 13.7. The summed E-state index contributed by atoms with van der Waals surface area (Å²) in [4.78, 5) is 12.0. The molecule has 0 aliphatic heterocycles. The van der Waals surface area contributed by atoms with E-state index < -0.39 is 0 Å².